The Kier molecular flexibility index (Phi) is 4.01. The standard InChI is InChI=1S/C15H17BrN2S/c1-10-9-19-15(18-10)8-17-14-5-3-11-6-13(16)4-2-12(11)7-14/h2,4,6,9,14,17H,3,5,7-8H2,1H3. The van der Waals surface area contributed by atoms with Crippen molar-refractivity contribution in [2.45, 2.75) is 38.8 Å². The van der Waals surface area contributed by atoms with Crippen molar-refractivity contribution in [1.29, 1.82) is 0 Å². The van der Waals surface area contributed by atoms with Crippen LogP contribution in [0.5, 0.6) is 0 Å². The van der Waals surface area contributed by atoms with Crippen molar-refractivity contribution >= 4 is 27.3 Å². The smallest absolute Gasteiger partial charge is 0.107 e. The molecular weight excluding hydrogens is 320 g/mol. The molecule has 1 aromatic heterocycles. The lowest BCUT2D eigenvalue weighted by Gasteiger charge is -2.25. The minimum Gasteiger partial charge on any atom is -0.307 e. The van der Waals surface area contributed by atoms with Gasteiger partial charge in [-0.25, -0.2) is 4.98 Å². The third kappa shape index (κ3) is 3.25. The molecule has 0 fully saturated rings. The number of rotatable bonds is 3. The second-order valence-corrected chi connectivity index (χ2v) is 6.97. The van der Waals surface area contributed by atoms with Crippen molar-refractivity contribution in [2.24, 2.45) is 0 Å². The zero-order valence-electron chi connectivity index (χ0n) is 10.9. The van der Waals surface area contributed by atoms with Crippen molar-refractivity contribution in [3.05, 3.63) is 49.9 Å². The quantitative estimate of drug-likeness (QED) is 0.920. The number of aryl methyl sites for hydroxylation is 2. The van der Waals surface area contributed by atoms with Crippen LogP contribution in [-0.2, 0) is 19.4 Å². The molecule has 4 heteroatoms. The molecule has 0 aliphatic heterocycles. The third-order valence-electron chi connectivity index (χ3n) is 3.61. The van der Waals surface area contributed by atoms with Crippen molar-refractivity contribution in [1.82, 2.24) is 10.3 Å². The number of halogens is 1. The Hall–Kier alpha value is -0.710. The van der Waals surface area contributed by atoms with E-state index in [1.165, 1.54) is 33.4 Å². The maximum Gasteiger partial charge on any atom is 0.107 e. The first-order chi connectivity index (χ1) is 9.20. The Balaban J connectivity index is 1.61. The summed E-state index contributed by atoms with van der Waals surface area (Å²) < 4.78 is 1.19. The molecular formula is C15H17BrN2S. The average Bonchev–Trinajstić information content (AvgIpc) is 2.82. The molecule has 1 aromatic carbocycles. The maximum absolute atomic E-state index is 4.50. The maximum atomic E-state index is 4.50. The van der Waals surface area contributed by atoms with Crippen molar-refractivity contribution in [3.8, 4) is 0 Å². The molecule has 2 aromatic rings. The molecule has 0 bridgehead atoms. The summed E-state index contributed by atoms with van der Waals surface area (Å²) in [5.74, 6) is 0. The topological polar surface area (TPSA) is 24.9 Å². The molecule has 2 nitrogen and oxygen atoms in total. The molecule has 1 heterocycles. The van der Waals surface area contributed by atoms with Crippen LogP contribution in [0.4, 0.5) is 0 Å². The van der Waals surface area contributed by atoms with Gasteiger partial charge in [-0.1, -0.05) is 22.0 Å². The van der Waals surface area contributed by atoms with Gasteiger partial charge in [-0.2, -0.15) is 0 Å². The van der Waals surface area contributed by atoms with Crippen LogP contribution in [0.3, 0.4) is 0 Å². The summed E-state index contributed by atoms with van der Waals surface area (Å²) in [6.45, 7) is 2.95. The van der Waals surface area contributed by atoms with Gasteiger partial charge in [0.1, 0.15) is 5.01 Å². The van der Waals surface area contributed by atoms with Gasteiger partial charge >= 0.3 is 0 Å². The fourth-order valence-corrected chi connectivity index (χ4v) is 3.74. The normalized spacial score (nSPS) is 18.3. The van der Waals surface area contributed by atoms with E-state index < -0.39 is 0 Å². The van der Waals surface area contributed by atoms with E-state index in [0.717, 1.165) is 18.7 Å². The van der Waals surface area contributed by atoms with Crippen LogP contribution in [-0.4, -0.2) is 11.0 Å². The van der Waals surface area contributed by atoms with Gasteiger partial charge in [0.25, 0.3) is 0 Å². The molecule has 19 heavy (non-hydrogen) atoms. The van der Waals surface area contributed by atoms with Crippen LogP contribution in [0.2, 0.25) is 0 Å². The molecule has 100 valence electrons. The SMILES string of the molecule is Cc1csc(CNC2CCc3cc(Br)ccc3C2)n1. The Morgan fingerprint density at radius 1 is 1.42 bits per heavy atom. The van der Waals surface area contributed by atoms with Gasteiger partial charge in [0.05, 0.1) is 0 Å². The summed E-state index contributed by atoms with van der Waals surface area (Å²) in [6.07, 6.45) is 3.52. The fourth-order valence-electron chi connectivity index (χ4n) is 2.61. The van der Waals surface area contributed by atoms with Crippen molar-refractivity contribution in [2.75, 3.05) is 0 Å². The molecule has 1 unspecified atom stereocenters. The molecule has 3 rings (SSSR count). The van der Waals surface area contributed by atoms with Gasteiger partial charge in [-0.15, -0.1) is 11.3 Å². The number of thiazole rings is 1. The second kappa shape index (κ2) is 5.73. The number of fused-ring (bicyclic) bond motifs is 1. The van der Waals surface area contributed by atoms with E-state index >= 15 is 0 Å². The highest BCUT2D eigenvalue weighted by molar-refractivity contribution is 9.10. The van der Waals surface area contributed by atoms with Gasteiger partial charge < -0.3 is 5.32 Å². The lowest BCUT2D eigenvalue weighted by atomic mass is 9.88. The highest BCUT2D eigenvalue weighted by atomic mass is 79.9. The lowest BCUT2D eigenvalue weighted by molar-refractivity contribution is 0.457. The minimum atomic E-state index is 0.581. The monoisotopic (exact) mass is 336 g/mol. The van der Waals surface area contributed by atoms with Gasteiger partial charge in [0, 0.05) is 28.1 Å². The van der Waals surface area contributed by atoms with Crippen molar-refractivity contribution in [3.63, 3.8) is 0 Å². The largest absolute Gasteiger partial charge is 0.307 e. The molecule has 0 radical (unpaired) electrons. The number of nitrogens with one attached hydrogen (secondary N) is 1. The van der Waals surface area contributed by atoms with Crippen LogP contribution in [0.1, 0.15) is 28.2 Å². The van der Waals surface area contributed by atoms with E-state index in [2.05, 4.69) is 56.7 Å². The highest BCUT2D eigenvalue weighted by Crippen LogP contribution is 2.25. The highest BCUT2D eigenvalue weighted by Gasteiger charge is 2.18. The van der Waals surface area contributed by atoms with Gasteiger partial charge in [0.15, 0.2) is 0 Å². The predicted molar refractivity (Wildman–Crippen MR) is 83.6 cm³/mol. The molecule has 0 saturated heterocycles. The number of benzene rings is 1. The number of nitrogens with zero attached hydrogens (tertiary/aromatic N) is 1. The number of hydrogen-bond donors (Lipinski definition) is 1. The van der Waals surface area contributed by atoms with Crippen LogP contribution in [0.25, 0.3) is 0 Å². The van der Waals surface area contributed by atoms with Crippen LogP contribution >= 0.6 is 27.3 Å². The zero-order chi connectivity index (χ0) is 13.2. The van der Waals surface area contributed by atoms with Gasteiger partial charge in [-0.05, 0) is 49.4 Å². The van der Waals surface area contributed by atoms with E-state index in [-0.39, 0.29) is 0 Å². The second-order valence-electron chi connectivity index (χ2n) is 5.12. The van der Waals surface area contributed by atoms with Crippen LogP contribution < -0.4 is 5.32 Å². The molecule has 1 atom stereocenters. The van der Waals surface area contributed by atoms with Crippen molar-refractivity contribution < 1.29 is 0 Å². The molecule has 1 aliphatic carbocycles. The Bertz CT molecular complexity index is 579. The molecule has 1 N–H and O–H groups in total. The van der Waals surface area contributed by atoms with E-state index in [1.807, 2.05) is 0 Å². The Morgan fingerprint density at radius 2 is 2.32 bits per heavy atom. The first kappa shape index (κ1) is 13.3. The Morgan fingerprint density at radius 3 is 3.11 bits per heavy atom. The zero-order valence-corrected chi connectivity index (χ0v) is 13.4. The van der Waals surface area contributed by atoms with E-state index in [9.17, 15) is 0 Å². The van der Waals surface area contributed by atoms with E-state index in [1.54, 1.807) is 11.3 Å². The average molecular weight is 337 g/mol. The predicted octanol–water partition coefficient (Wildman–Crippen LogP) is 3.86. The van der Waals surface area contributed by atoms with Crippen LogP contribution in [0.15, 0.2) is 28.1 Å². The summed E-state index contributed by atoms with van der Waals surface area (Å²) >= 11 is 5.29. The minimum absolute atomic E-state index is 0.581. The number of aromatic nitrogens is 1. The lowest BCUT2D eigenvalue weighted by Crippen LogP contribution is -2.34. The van der Waals surface area contributed by atoms with Gasteiger partial charge in [-0.3, -0.25) is 0 Å². The fraction of sp³-hybridized carbons (Fsp3) is 0.400. The van der Waals surface area contributed by atoms with E-state index in [0.29, 0.717) is 6.04 Å². The molecule has 1 aliphatic rings. The van der Waals surface area contributed by atoms with Gasteiger partial charge in [0.2, 0.25) is 0 Å². The third-order valence-corrected chi connectivity index (χ3v) is 5.07. The van der Waals surface area contributed by atoms with E-state index in [4.69, 9.17) is 0 Å². The summed E-state index contributed by atoms with van der Waals surface area (Å²) in [5.41, 5.74) is 4.11. The Labute approximate surface area is 126 Å². The number of hydrogen-bond acceptors (Lipinski definition) is 3. The summed E-state index contributed by atoms with van der Waals surface area (Å²) in [4.78, 5) is 4.50. The first-order valence-electron chi connectivity index (χ1n) is 6.62. The molecule has 0 spiro atoms. The molecule has 0 amide bonds. The summed E-state index contributed by atoms with van der Waals surface area (Å²) in [7, 11) is 0. The first-order valence-corrected chi connectivity index (χ1v) is 8.29. The summed E-state index contributed by atoms with van der Waals surface area (Å²) in [6, 6.07) is 7.24. The summed E-state index contributed by atoms with van der Waals surface area (Å²) in [5, 5.41) is 6.95. The van der Waals surface area contributed by atoms with Crippen LogP contribution in [0, 0.1) is 6.92 Å². The molecule has 0 saturated carbocycles.